The number of rotatable bonds is 5. The predicted molar refractivity (Wildman–Crippen MR) is 134 cm³/mol. The average molecular weight is 481 g/mol. The highest BCUT2D eigenvalue weighted by atomic mass is 35.5. The number of benzene rings is 3. The largest absolute Gasteiger partial charge is 0.481 e. The summed E-state index contributed by atoms with van der Waals surface area (Å²) in [5.74, 6) is -0.745. The van der Waals surface area contributed by atoms with E-state index in [-0.39, 0.29) is 12.6 Å². The fourth-order valence-electron chi connectivity index (χ4n) is 3.62. The number of carbonyl (C=O) groups excluding carboxylic acids is 2. The summed E-state index contributed by atoms with van der Waals surface area (Å²) < 4.78 is 0. The molecule has 0 unspecified atom stereocenters. The van der Waals surface area contributed by atoms with Crippen LogP contribution >= 0.6 is 11.6 Å². The van der Waals surface area contributed by atoms with Crippen LogP contribution in [-0.4, -0.2) is 30.3 Å². The van der Waals surface area contributed by atoms with Crippen LogP contribution in [0.1, 0.15) is 30.0 Å². The van der Waals surface area contributed by atoms with Gasteiger partial charge in [0.2, 0.25) is 0 Å². The molecule has 0 amide bonds. The lowest BCUT2D eigenvalue weighted by Gasteiger charge is -2.16. The number of aliphatic carboxylic acids is 1. The van der Waals surface area contributed by atoms with Gasteiger partial charge in [0.1, 0.15) is 0 Å². The normalized spacial score (nSPS) is 11.8. The maximum atomic E-state index is 9.37. The zero-order valence-corrected chi connectivity index (χ0v) is 19.9. The summed E-state index contributed by atoms with van der Waals surface area (Å²) >= 11 is 6.52. The maximum absolute atomic E-state index is 9.37. The highest BCUT2D eigenvalue weighted by Gasteiger charge is 2.14. The Kier molecular flexibility index (Phi) is 11.6. The molecule has 3 aromatic carbocycles. The third-order valence-electron chi connectivity index (χ3n) is 5.29. The Morgan fingerprint density at radius 2 is 1.65 bits per heavy atom. The van der Waals surface area contributed by atoms with Crippen molar-refractivity contribution >= 4 is 29.4 Å². The summed E-state index contributed by atoms with van der Waals surface area (Å²) in [4.78, 5) is 25.6. The van der Waals surface area contributed by atoms with Gasteiger partial charge in [0.05, 0.1) is 10.7 Å². The Morgan fingerprint density at radius 3 is 2.32 bits per heavy atom. The van der Waals surface area contributed by atoms with Gasteiger partial charge in [-0.1, -0.05) is 73.1 Å². The van der Waals surface area contributed by atoms with Crippen LogP contribution in [-0.2, 0) is 33.8 Å². The molecule has 0 fully saturated rings. The summed E-state index contributed by atoms with van der Waals surface area (Å²) in [6.07, 6.45) is 2.55. The summed E-state index contributed by atoms with van der Waals surface area (Å²) in [6.45, 7) is 4.41. The van der Waals surface area contributed by atoms with Crippen LogP contribution in [0.3, 0.4) is 0 Å². The lowest BCUT2D eigenvalue weighted by molar-refractivity contribution is -0.191. The molecule has 6 nitrogen and oxygen atoms in total. The quantitative estimate of drug-likeness (QED) is 0.464. The van der Waals surface area contributed by atoms with Crippen molar-refractivity contribution < 1.29 is 19.5 Å². The minimum Gasteiger partial charge on any atom is -0.481 e. The molecule has 1 heterocycles. The first kappa shape index (κ1) is 26.8. The van der Waals surface area contributed by atoms with Gasteiger partial charge in [-0.05, 0) is 65.9 Å². The molecule has 178 valence electrons. The molecule has 0 aliphatic carbocycles. The number of hydrogen-bond donors (Lipinski definition) is 3. The number of carboxylic acid groups (broad SMARTS) is 1. The van der Waals surface area contributed by atoms with E-state index < -0.39 is 5.97 Å². The first-order valence-electron chi connectivity index (χ1n) is 11.1. The van der Waals surface area contributed by atoms with Gasteiger partial charge < -0.3 is 15.7 Å². The van der Waals surface area contributed by atoms with Crippen LogP contribution < -0.4 is 10.6 Å². The molecule has 1 aliphatic heterocycles. The van der Waals surface area contributed by atoms with Crippen LogP contribution in [0.4, 0.5) is 5.69 Å². The van der Waals surface area contributed by atoms with Crippen molar-refractivity contribution in [3.63, 3.8) is 0 Å². The Bertz CT molecular complexity index is 1100. The average Bonchev–Trinajstić information content (AvgIpc) is 3.11. The van der Waals surface area contributed by atoms with Crippen molar-refractivity contribution in [1.29, 1.82) is 0 Å². The summed E-state index contributed by atoms with van der Waals surface area (Å²) in [6, 6.07) is 23.4. The van der Waals surface area contributed by atoms with Crippen LogP contribution in [0.15, 0.2) is 66.7 Å². The Balaban J connectivity index is 0.000000447. The topological polar surface area (TPSA) is 95.5 Å². The number of carbonyl (C=O) groups is 1. The number of nitrogens with one attached hydrogen (secondary N) is 2. The Morgan fingerprint density at radius 1 is 1.00 bits per heavy atom. The Hall–Kier alpha value is -3.44. The van der Waals surface area contributed by atoms with Crippen molar-refractivity contribution in [2.24, 2.45) is 0 Å². The lowest BCUT2D eigenvalue weighted by Crippen LogP contribution is -2.16. The number of carboxylic acids is 1. The van der Waals surface area contributed by atoms with E-state index in [0.29, 0.717) is 0 Å². The lowest BCUT2D eigenvalue weighted by atomic mass is 10.00. The number of anilines is 1. The van der Waals surface area contributed by atoms with Crippen LogP contribution in [0, 0.1) is 0 Å². The molecule has 0 spiro atoms. The van der Waals surface area contributed by atoms with Crippen molar-refractivity contribution in [1.82, 2.24) is 5.32 Å². The first-order valence-corrected chi connectivity index (χ1v) is 11.5. The van der Waals surface area contributed by atoms with E-state index in [4.69, 9.17) is 26.3 Å². The van der Waals surface area contributed by atoms with Crippen LogP contribution in [0.5, 0.6) is 0 Å². The molecule has 0 bridgehead atoms. The number of fused-ring (bicyclic) bond motifs is 1. The molecule has 7 heteroatoms. The van der Waals surface area contributed by atoms with E-state index in [1.807, 2.05) is 12.1 Å². The van der Waals surface area contributed by atoms with Crippen molar-refractivity contribution in [3.8, 4) is 11.1 Å². The van der Waals surface area contributed by atoms with Gasteiger partial charge in [0.25, 0.3) is 0 Å². The highest BCUT2D eigenvalue weighted by molar-refractivity contribution is 6.33. The zero-order chi connectivity index (χ0) is 24.8. The fraction of sp³-hybridized carbons (Fsp3) is 0.259. The zero-order valence-electron chi connectivity index (χ0n) is 19.1. The molecule has 0 aromatic heterocycles. The van der Waals surface area contributed by atoms with Gasteiger partial charge in [0, 0.05) is 13.0 Å². The second-order valence-electron chi connectivity index (χ2n) is 7.56. The van der Waals surface area contributed by atoms with Gasteiger partial charge in [-0.2, -0.15) is 9.59 Å². The maximum Gasteiger partial charge on any atom is 0.373 e. The third kappa shape index (κ3) is 8.49. The van der Waals surface area contributed by atoms with Gasteiger partial charge in [-0.15, -0.1) is 0 Å². The molecule has 0 saturated heterocycles. The minimum absolute atomic E-state index is 0.222. The molecule has 3 N–H and O–H groups in total. The summed E-state index contributed by atoms with van der Waals surface area (Å²) in [5.41, 5.74) is 7.60. The van der Waals surface area contributed by atoms with E-state index in [1.165, 1.54) is 27.8 Å². The number of hydrogen-bond acceptors (Lipinski definition) is 5. The highest BCUT2D eigenvalue weighted by Crippen LogP contribution is 2.31. The summed E-state index contributed by atoms with van der Waals surface area (Å²) in [7, 11) is 0. The molecule has 0 atom stereocenters. The molecule has 3 aromatic rings. The molecule has 34 heavy (non-hydrogen) atoms. The minimum atomic E-state index is -0.745. The standard InChI is InChI=1S/C23H23ClN2.C3H6O2.CO2/c24-22-10-9-19-11-13-25-14-12-21(19)23(22)26-16-17-5-4-8-20(15-17)18-6-2-1-3-7-18;1-2-3(4)5;2-1-3/h1-10,15,25-26H,11-14,16H2;2H2,1H3,(H,4,5);. The smallest absolute Gasteiger partial charge is 0.373 e. The monoisotopic (exact) mass is 480 g/mol. The van der Waals surface area contributed by atoms with E-state index in [1.54, 1.807) is 6.92 Å². The fourth-order valence-corrected chi connectivity index (χ4v) is 3.86. The molecular formula is C27H29ClN2O4. The first-order chi connectivity index (χ1) is 16.5. The third-order valence-corrected chi connectivity index (χ3v) is 5.60. The molecule has 1 aliphatic rings. The van der Waals surface area contributed by atoms with Gasteiger partial charge in [-0.3, -0.25) is 4.79 Å². The Labute approximate surface area is 205 Å². The molecule has 4 rings (SSSR count). The number of halogens is 1. The van der Waals surface area contributed by atoms with Crippen molar-refractivity contribution in [2.45, 2.75) is 32.7 Å². The van der Waals surface area contributed by atoms with E-state index in [0.717, 1.165) is 43.2 Å². The molecule has 0 radical (unpaired) electrons. The van der Waals surface area contributed by atoms with Crippen LogP contribution in [0.2, 0.25) is 5.02 Å². The second-order valence-corrected chi connectivity index (χ2v) is 7.97. The van der Waals surface area contributed by atoms with Gasteiger partial charge in [0.15, 0.2) is 0 Å². The molecular weight excluding hydrogens is 452 g/mol. The van der Waals surface area contributed by atoms with E-state index in [2.05, 4.69) is 65.2 Å². The summed E-state index contributed by atoms with van der Waals surface area (Å²) in [5, 5.41) is 15.6. The van der Waals surface area contributed by atoms with Gasteiger partial charge in [-0.25, -0.2) is 0 Å². The van der Waals surface area contributed by atoms with Crippen molar-refractivity contribution in [2.75, 3.05) is 18.4 Å². The molecule has 0 saturated carbocycles. The van der Waals surface area contributed by atoms with E-state index in [9.17, 15) is 4.79 Å². The van der Waals surface area contributed by atoms with Crippen LogP contribution in [0.25, 0.3) is 11.1 Å². The predicted octanol–water partition coefficient (Wildman–Crippen LogP) is 5.20. The second kappa shape index (κ2) is 14.7. The van der Waals surface area contributed by atoms with Gasteiger partial charge >= 0.3 is 12.1 Å². The van der Waals surface area contributed by atoms with Crippen molar-refractivity contribution in [3.05, 3.63) is 88.4 Å². The van der Waals surface area contributed by atoms with E-state index >= 15 is 0 Å². The SMILES string of the molecule is CCC(=O)O.Clc1ccc2c(c1NCc1cccc(-c3ccccc3)c1)CCNCC2.O=C=O.